The molecule has 1 N–H and O–H groups in total. The molecule has 1 aliphatic rings. The minimum Gasteiger partial charge on any atom is -0.468 e. The van der Waals surface area contributed by atoms with Gasteiger partial charge in [0, 0.05) is 12.1 Å². The maximum absolute atomic E-state index is 13.3. The van der Waals surface area contributed by atoms with E-state index in [9.17, 15) is 9.18 Å². The molecular formula is C18H17FN2O2. The van der Waals surface area contributed by atoms with Crippen molar-refractivity contribution in [2.45, 2.75) is 25.4 Å². The van der Waals surface area contributed by atoms with E-state index >= 15 is 0 Å². The van der Waals surface area contributed by atoms with Gasteiger partial charge in [-0.15, -0.1) is 0 Å². The number of furan rings is 1. The van der Waals surface area contributed by atoms with E-state index < -0.39 is 0 Å². The van der Waals surface area contributed by atoms with Crippen LogP contribution in [0.3, 0.4) is 0 Å². The summed E-state index contributed by atoms with van der Waals surface area (Å²) in [5.41, 5.74) is 1.07. The lowest BCUT2D eigenvalue weighted by atomic mass is 10.1. The Labute approximate surface area is 132 Å². The maximum Gasteiger partial charge on any atom is 0.252 e. The summed E-state index contributed by atoms with van der Waals surface area (Å²) < 4.78 is 18.8. The standard InChI is InChI=1S/C18H17FN2O2/c19-14-6-5-12-9-13(18(22)20-15(12)10-14)11-21-7-1-3-16(21)17-4-2-8-23-17/h2,4-6,8-10,16H,1,3,7,11H2,(H,20,22)/t16-/m0/s1. The second-order valence-corrected chi connectivity index (χ2v) is 6.00. The molecule has 0 amide bonds. The second kappa shape index (κ2) is 5.66. The highest BCUT2D eigenvalue weighted by molar-refractivity contribution is 5.78. The highest BCUT2D eigenvalue weighted by atomic mass is 19.1. The molecule has 5 heteroatoms. The Balaban J connectivity index is 1.65. The summed E-state index contributed by atoms with van der Waals surface area (Å²) >= 11 is 0. The zero-order valence-electron chi connectivity index (χ0n) is 12.6. The molecule has 4 rings (SSSR count). The van der Waals surface area contributed by atoms with Gasteiger partial charge < -0.3 is 9.40 Å². The third-order valence-corrected chi connectivity index (χ3v) is 4.49. The quantitative estimate of drug-likeness (QED) is 0.804. The fraction of sp³-hybridized carbons (Fsp3) is 0.278. The fourth-order valence-corrected chi connectivity index (χ4v) is 3.37. The zero-order valence-corrected chi connectivity index (χ0v) is 12.6. The summed E-state index contributed by atoms with van der Waals surface area (Å²) in [7, 11) is 0. The highest BCUT2D eigenvalue weighted by Gasteiger charge is 2.28. The van der Waals surface area contributed by atoms with Crippen molar-refractivity contribution in [3.05, 3.63) is 70.2 Å². The summed E-state index contributed by atoms with van der Waals surface area (Å²) in [5, 5.41) is 0.842. The summed E-state index contributed by atoms with van der Waals surface area (Å²) in [4.78, 5) is 17.3. The SMILES string of the molecule is O=c1[nH]c2cc(F)ccc2cc1CN1CCC[C@H]1c1ccco1. The molecule has 1 aliphatic heterocycles. The number of likely N-dealkylation sites (tertiary alicyclic amines) is 1. The Bertz CT molecular complexity index is 886. The van der Waals surface area contributed by atoms with Gasteiger partial charge in [-0.2, -0.15) is 0 Å². The summed E-state index contributed by atoms with van der Waals surface area (Å²) in [5.74, 6) is 0.597. The summed E-state index contributed by atoms with van der Waals surface area (Å²) in [6.07, 6.45) is 3.80. The van der Waals surface area contributed by atoms with Gasteiger partial charge in [-0.05, 0) is 61.2 Å². The van der Waals surface area contributed by atoms with Crippen molar-refractivity contribution in [2.75, 3.05) is 6.54 Å². The lowest BCUT2D eigenvalue weighted by Crippen LogP contribution is -2.26. The molecule has 4 nitrogen and oxygen atoms in total. The van der Waals surface area contributed by atoms with Crippen LogP contribution >= 0.6 is 0 Å². The van der Waals surface area contributed by atoms with Gasteiger partial charge in [-0.1, -0.05) is 0 Å². The molecule has 0 unspecified atom stereocenters. The van der Waals surface area contributed by atoms with Crippen LogP contribution in [-0.4, -0.2) is 16.4 Å². The van der Waals surface area contributed by atoms with Gasteiger partial charge in [0.2, 0.25) is 0 Å². The van der Waals surface area contributed by atoms with Crippen molar-refractivity contribution in [3.8, 4) is 0 Å². The number of aromatic amines is 1. The predicted molar refractivity (Wildman–Crippen MR) is 85.6 cm³/mol. The van der Waals surface area contributed by atoms with Crippen molar-refractivity contribution < 1.29 is 8.81 Å². The lowest BCUT2D eigenvalue weighted by Gasteiger charge is -2.22. The van der Waals surface area contributed by atoms with Crippen LogP contribution in [0.2, 0.25) is 0 Å². The van der Waals surface area contributed by atoms with Crippen LogP contribution in [0.5, 0.6) is 0 Å². The van der Waals surface area contributed by atoms with E-state index in [2.05, 4.69) is 9.88 Å². The van der Waals surface area contributed by atoms with Gasteiger partial charge in [-0.25, -0.2) is 4.39 Å². The molecular weight excluding hydrogens is 295 g/mol. The monoisotopic (exact) mass is 312 g/mol. The van der Waals surface area contributed by atoms with E-state index in [0.717, 1.165) is 30.5 Å². The number of aromatic nitrogens is 1. The molecule has 118 valence electrons. The first-order valence-electron chi connectivity index (χ1n) is 7.79. The number of rotatable bonds is 3. The highest BCUT2D eigenvalue weighted by Crippen LogP contribution is 2.33. The number of pyridine rings is 1. The first kappa shape index (κ1) is 14.2. The van der Waals surface area contributed by atoms with Gasteiger partial charge in [0.15, 0.2) is 0 Å². The van der Waals surface area contributed by atoms with Gasteiger partial charge in [0.05, 0.1) is 17.8 Å². The minimum atomic E-state index is -0.349. The number of fused-ring (bicyclic) bond motifs is 1. The topological polar surface area (TPSA) is 49.2 Å². The molecule has 3 aromatic rings. The molecule has 23 heavy (non-hydrogen) atoms. The molecule has 1 fully saturated rings. The van der Waals surface area contributed by atoms with Crippen molar-refractivity contribution in [1.82, 2.24) is 9.88 Å². The smallest absolute Gasteiger partial charge is 0.252 e. The van der Waals surface area contributed by atoms with Gasteiger partial charge in [0.1, 0.15) is 11.6 Å². The molecule has 1 atom stereocenters. The lowest BCUT2D eigenvalue weighted by molar-refractivity contribution is 0.220. The third-order valence-electron chi connectivity index (χ3n) is 4.49. The second-order valence-electron chi connectivity index (χ2n) is 6.00. The molecule has 0 saturated carbocycles. The molecule has 2 aromatic heterocycles. The zero-order chi connectivity index (χ0) is 15.8. The van der Waals surface area contributed by atoms with Crippen LogP contribution in [-0.2, 0) is 6.54 Å². The normalized spacial score (nSPS) is 18.7. The fourth-order valence-electron chi connectivity index (χ4n) is 3.37. The van der Waals surface area contributed by atoms with E-state index in [1.54, 1.807) is 12.3 Å². The minimum absolute atomic E-state index is 0.159. The molecule has 0 spiro atoms. The molecule has 0 radical (unpaired) electrons. The van der Waals surface area contributed by atoms with E-state index in [1.807, 2.05) is 18.2 Å². The van der Waals surface area contributed by atoms with E-state index in [-0.39, 0.29) is 17.4 Å². The van der Waals surface area contributed by atoms with Gasteiger partial charge >= 0.3 is 0 Å². The number of benzene rings is 1. The predicted octanol–water partition coefficient (Wildman–Crippen LogP) is 3.60. The summed E-state index contributed by atoms with van der Waals surface area (Å²) in [6, 6.07) is 10.4. The van der Waals surface area contributed by atoms with Crippen molar-refractivity contribution in [2.24, 2.45) is 0 Å². The molecule has 0 aliphatic carbocycles. The van der Waals surface area contributed by atoms with Crippen molar-refractivity contribution in [3.63, 3.8) is 0 Å². The van der Waals surface area contributed by atoms with Gasteiger partial charge in [0.25, 0.3) is 5.56 Å². The molecule has 3 heterocycles. The van der Waals surface area contributed by atoms with E-state index in [4.69, 9.17) is 4.42 Å². The van der Waals surface area contributed by atoms with Gasteiger partial charge in [-0.3, -0.25) is 9.69 Å². The average Bonchev–Trinajstić information content (AvgIpc) is 3.19. The number of hydrogen-bond donors (Lipinski definition) is 1. The number of hydrogen-bond acceptors (Lipinski definition) is 3. The van der Waals surface area contributed by atoms with Crippen LogP contribution in [0.15, 0.2) is 51.9 Å². The van der Waals surface area contributed by atoms with Crippen LogP contribution in [0, 0.1) is 5.82 Å². The molecule has 0 bridgehead atoms. The van der Waals surface area contributed by atoms with Crippen LogP contribution in [0.1, 0.15) is 30.2 Å². The Kier molecular flexibility index (Phi) is 3.50. The van der Waals surface area contributed by atoms with Crippen LogP contribution in [0.25, 0.3) is 10.9 Å². The third kappa shape index (κ3) is 2.68. The number of halogens is 1. The maximum atomic E-state index is 13.3. The van der Waals surface area contributed by atoms with Crippen molar-refractivity contribution in [1.29, 1.82) is 0 Å². The van der Waals surface area contributed by atoms with Crippen molar-refractivity contribution >= 4 is 10.9 Å². The Morgan fingerprint density at radius 1 is 1.30 bits per heavy atom. The Hall–Kier alpha value is -2.40. The summed E-state index contributed by atoms with van der Waals surface area (Å²) in [6.45, 7) is 1.50. The Morgan fingerprint density at radius 3 is 3.04 bits per heavy atom. The Morgan fingerprint density at radius 2 is 2.22 bits per heavy atom. The average molecular weight is 312 g/mol. The van der Waals surface area contributed by atoms with Crippen LogP contribution in [0.4, 0.5) is 4.39 Å². The molecule has 1 aromatic carbocycles. The molecule has 1 saturated heterocycles. The van der Waals surface area contributed by atoms with E-state index in [0.29, 0.717) is 17.6 Å². The number of nitrogens with zero attached hydrogens (tertiary/aromatic N) is 1. The largest absolute Gasteiger partial charge is 0.468 e. The number of H-pyrrole nitrogens is 1. The first-order valence-corrected chi connectivity index (χ1v) is 7.79. The van der Waals surface area contributed by atoms with E-state index in [1.165, 1.54) is 12.1 Å². The van der Waals surface area contributed by atoms with Crippen LogP contribution < -0.4 is 5.56 Å². The number of nitrogens with one attached hydrogen (secondary N) is 1. The first-order chi connectivity index (χ1) is 11.2.